The SMILES string of the molecule is COc1ccc(S(=O)(=O)N[C@](Cc2ccccc2)(NC(=O)O[C@@H]2CO[C@@H]3OCC[C@@H]32)[C@H](O)CCC(C)(C)CCNC(=O)NCC(N)=O)cc1. The Labute approximate surface area is 286 Å². The summed E-state index contributed by atoms with van der Waals surface area (Å²) >= 11 is 0. The van der Waals surface area contributed by atoms with Crippen molar-refractivity contribution in [2.75, 3.05) is 33.4 Å². The number of hydrogen-bond acceptors (Lipinski definition) is 10. The molecule has 2 heterocycles. The molecule has 4 rings (SSSR count). The zero-order valence-corrected chi connectivity index (χ0v) is 28.8. The molecule has 2 aliphatic rings. The van der Waals surface area contributed by atoms with Gasteiger partial charge in [0.05, 0.1) is 43.8 Å². The smallest absolute Gasteiger partial charge is 0.409 e. The van der Waals surface area contributed by atoms with Crippen LogP contribution in [0.3, 0.4) is 0 Å². The Morgan fingerprint density at radius 2 is 1.76 bits per heavy atom. The number of alkyl carbamates (subject to hydrolysis) is 1. The van der Waals surface area contributed by atoms with Gasteiger partial charge in [0.1, 0.15) is 17.5 Å². The Morgan fingerprint density at radius 1 is 1.04 bits per heavy atom. The first-order chi connectivity index (χ1) is 23.2. The Balaban J connectivity index is 1.59. The zero-order valence-electron chi connectivity index (χ0n) is 28.0. The van der Waals surface area contributed by atoms with E-state index in [0.717, 1.165) is 0 Å². The maximum absolute atomic E-state index is 14.0. The average molecular weight is 706 g/mol. The molecule has 0 unspecified atom stereocenters. The standard InChI is InChI=1S/C33H47N5O10S/c1-32(2,16-17-35-30(41)36-20-28(34)40)15-13-27(39)33(19-22-7-5-4-6-8-22,38-49(43,44)24-11-9-23(45-3)10-12-24)37-31(42)48-26-21-47-29-25(26)14-18-46-29/h4-12,25-27,29,38-39H,13-21H2,1-3H3,(H2,34,40)(H,37,42)(H2,35,36,41)/t25-,26-,27-,29+,33+/m1/s1. The molecule has 5 atom stereocenters. The number of urea groups is 1. The molecule has 0 radical (unpaired) electrons. The molecule has 16 heteroatoms. The number of ether oxygens (including phenoxy) is 4. The molecule has 0 bridgehead atoms. The third-order valence-electron chi connectivity index (χ3n) is 8.75. The molecule has 2 aliphatic heterocycles. The second-order valence-electron chi connectivity index (χ2n) is 13.1. The van der Waals surface area contributed by atoms with Crippen LogP contribution in [-0.4, -0.2) is 89.1 Å². The molecule has 49 heavy (non-hydrogen) atoms. The van der Waals surface area contributed by atoms with E-state index in [9.17, 15) is 27.9 Å². The second-order valence-corrected chi connectivity index (χ2v) is 14.7. The van der Waals surface area contributed by atoms with Gasteiger partial charge in [-0.3, -0.25) is 10.1 Å². The quantitative estimate of drug-likeness (QED) is 0.131. The summed E-state index contributed by atoms with van der Waals surface area (Å²) in [7, 11) is -2.89. The number of carbonyl (C=O) groups excluding carboxylic acids is 3. The van der Waals surface area contributed by atoms with Crippen LogP contribution < -0.4 is 31.1 Å². The lowest BCUT2D eigenvalue weighted by molar-refractivity contribution is -0.117. The monoisotopic (exact) mass is 705 g/mol. The first-order valence-electron chi connectivity index (χ1n) is 16.1. The first kappa shape index (κ1) is 37.9. The van der Waals surface area contributed by atoms with E-state index in [2.05, 4.69) is 20.7 Å². The van der Waals surface area contributed by atoms with Crippen molar-refractivity contribution in [2.24, 2.45) is 17.1 Å². The third-order valence-corrected chi connectivity index (χ3v) is 10.3. The van der Waals surface area contributed by atoms with Gasteiger partial charge in [0.15, 0.2) is 6.29 Å². The van der Waals surface area contributed by atoms with Gasteiger partial charge >= 0.3 is 12.1 Å². The number of benzene rings is 2. The van der Waals surface area contributed by atoms with E-state index in [-0.39, 0.29) is 43.4 Å². The first-order valence-corrected chi connectivity index (χ1v) is 17.6. The van der Waals surface area contributed by atoms with Crippen LogP contribution in [0.4, 0.5) is 9.59 Å². The van der Waals surface area contributed by atoms with Crippen LogP contribution in [-0.2, 0) is 35.4 Å². The van der Waals surface area contributed by atoms with Crippen LogP contribution >= 0.6 is 0 Å². The van der Waals surface area contributed by atoms with Gasteiger partial charge in [-0.05, 0) is 60.9 Å². The number of primary amides is 1. The zero-order chi connectivity index (χ0) is 35.7. The predicted molar refractivity (Wildman–Crippen MR) is 178 cm³/mol. The van der Waals surface area contributed by atoms with Crippen molar-refractivity contribution < 1.29 is 46.9 Å². The lowest BCUT2D eigenvalue weighted by Crippen LogP contribution is -2.68. The van der Waals surface area contributed by atoms with Gasteiger partial charge < -0.3 is 40.4 Å². The third kappa shape index (κ3) is 10.8. The highest BCUT2D eigenvalue weighted by Gasteiger charge is 2.47. The summed E-state index contributed by atoms with van der Waals surface area (Å²) < 4.78 is 52.7. The number of carbonyl (C=O) groups is 3. The van der Waals surface area contributed by atoms with Crippen molar-refractivity contribution in [1.82, 2.24) is 20.7 Å². The Morgan fingerprint density at radius 3 is 2.43 bits per heavy atom. The van der Waals surface area contributed by atoms with E-state index < -0.39 is 57.6 Å². The lowest BCUT2D eigenvalue weighted by atomic mass is 9.81. The topological polar surface area (TPSA) is 217 Å². The van der Waals surface area contributed by atoms with Gasteiger partial charge in [-0.2, -0.15) is 4.72 Å². The number of hydrogen-bond donors (Lipinski definition) is 6. The minimum Gasteiger partial charge on any atom is -0.497 e. The highest BCUT2D eigenvalue weighted by Crippen LogP contribution is 2.34. The van der Waals surface area contributed by atoms with Gasteiger partial charge in [0.25, 0.3) is 0 Å². The van der Waals surface area contributed by atoms with Crippen LogP contribution in [0, 0.1) is 11.3 Å². The van der Waals surface area contributed by atoms with Gasteiger partial charge in [-0.25, -0.2) is 18.0 Å². The van der Waals surface area contributed by atoms with E-state index in [1.807, 2.05) is 13.8 Å². The molecule has 0 spiro atoms. The molecule has 0 saturated carbocycles. The molecular weight excluding hydrogens is 658 g/mol. The number of sulfonamides is 1. The number of fused-ring (bicyclic) bond motifs is 1. The maximum atomic E-state index is 14.0. The van der Waals surface area contributed by atoms with E-state index in [1.54, 1.807) is 30.3 Å². The Hall–Kier alpha value is -3.96. The summed E-state index contributed by atoms with van der Waals surface area (Å²) in [5.41, 5.74) is 3.28. The summed E-state index contributed by atoms with van der Waals surface area (Å²) in [6, 6.07) is 14.1. The molecule has 0 aliphatic carbocycles. The molecule has 4 amide bonds. The molecular formula is C33H47N5O10S. The van der Waals surface area contributed by atoms with E-state index in [1.165, 1.54) is 31.4 Å². The lowest BCUT2D eigenvalue weighted by Gasteiger charge is -2.40. The van der Waals surface area contributed by atoms with Gasteiger partial charge in [0, 0.05) is 13.0 Å². The van der Waals surface area contributed by atoms with Crippen molar-refractivity contribution in [3.05, 3.63) is 60.2 Å². The number of amides is 4. The van der Waals surface area contributed by atoms with Gasteiger partial charge in [-0.15, -0.1) is 0 Å². The Bertz CT molecular complexity index is 1530. The molecule has 15 nitrogen and oxygen atoms in total. The minimum absolute atomic E-state index is 0.0458. The van der Waals surface area contributed by atoms with E-state index in [4.69, 9.17) is 24.7 Å². The van der Waals surface area contributed by atoms with Crippen molar-refractivity contribution in [3.63, 3.8) is 0 Å². The molecule has 2 aromatic rings. The van der Waals surface area contributed by atoms with E-state index in [0.29, 0.717) is 37.2 Å². The Kier molecular flexibility index (Phi) is 12.8. The summed E-state index contributed by atoms with van der Waals surface area (Å²) in [4.78, 5) is 36.4. The van der Waals surface area contributed by atoms with Crippen LogP contribution in [0.1, 0.15) is 45.1 Å². The van der Waals surface area contributed by atoms with Crippen molar-refractivity contribution in [3.8, 4) is 5.75 Å². The van der Waals surface area contributed by atoms with Gasteiger partial charge in [-0.1, -0.05) is 44.2 Å². The molecule has 0 aromatic heterocycles. The number of nitrogens with one attached hydrogen (secondary N) is 4. The maximum Gasteiger partial charge on any atom is 0.409 e. The number of nitrogens with two attached hydrogens (primary N) is 1. The van der Waals surface area contributed by atoms with Crippen LogP contribution in [0.15, 0.2) is 59.5 Å². The second kappa shape index (κ2) is 16.6. The molecule has 270 valence electrons. The van der Waals surface area contributed by atoms with Gasteiger partial charge in [0.2, 0.25) is 15.9 Å². The van der Waals surface area contributed by atoms with E-state index >= 15 is 0 Å². The number of methoxy groups -OCH3 is 1. The fourth-order valence-electron chi connectivity index (χ4n) is 5.89. The molecule has 2 saturated heterocycles. The van der Waals surface area contributed by atoms with Crippen molar-refractivity contribution in [1.29, 1.82) is 0 Å². The average Bonchev–Trinajstić information content (AvgIpc) is 3.68. The summed E-state index contributed by atoms with van der Waals surface area (Å²) in [6.45, 7) is 4.42. The van der Waals surface area contributed by atoms with Crippen LogP contribution in [0.5, 0.6) is 5.75 Å². The van der Waals surface area contributed by atoms with Crippen LogP contribution in [0.25, 0.3) is 0 Å². The highest BCUT2D eigenvalue weighted by atomic mass is 32.2. The number of aliphatic hydroxyl groups is 1. The normalized spacial score (nSPS) is 20.8. The molecule has 2 aromatic carbocycles. The summed E-state index contributed by atoms with van der Waals surface area (Å²) in [5.74, 6) is -0.384. The fraction of sp³-hybridized carbons (Fsp3) is 0.545. The summed E-state index contributed by atoms with van der Waals surface area (Å²) in [5, 5.41) is 19.7. The minimum atomic E-state index is -4.35. The highest BCUT2D eigenvalue weighted by molar-refractivity contribution is 7.89. The van der Waals surface area contributed by atoms with Crippen LogP contribution in [0.2, 0.25) is 0 Å². The molecule has 2 fully saturated rings. The van der Waals surface area contributed by atoms with Crippen molar-refractivity contribution >= 4 is 28.1 Å². The fourth-order valence-corrected chi connectivity index (χ4v) is 7.24. The summed E-state index contributed by atoms with van der Waals surface area (Å²) in [6.07, 6.45) is -2.08. The largest absolute Gasteiger partial charge is 0.497 e. The number of aliphatic hydroxyl groups excluding tert-OH is 1. The number of rotatable bonds is 17. The van der Waals surface area contributed by atoms with Crippen molar-refractivity contribution in [2.45, 2.75) is 75.0 Å². The predicted octanol–water partition coefficient (Wildman–Crippen LogP) is 1.74. The molecule has 7 N–H and O–H groups in total.